The van der Waals surface area contributed by atoms with Gasteiger partial charge in [0.2, 0.25) is 5.88 Å². The van der Waals surface area contributed by atoms with Gasteiger partial charge in [-0.2, -0.15) is 4.31 Å². The number of benzene rings is 2. The molecule has 16 heteroatoms. The van der Waals surface area contributed by atoms with Gasteiger partial charge in [0, 0.05) is 55.1 Å². The normalized spacial score (nSPS) is 20.7. The van der Waals surface area contributed by atoms with Gasteiger partial charge in [0.1, 0.15) is 16.4 Å². The summed E-state index contributed by atoms with van der Waals surface area (Å²) in [6, 6.07) is 12.0. The molecule has 2 fully saturated rings. The fourth-order valence-electron chi connectivity index (χ4n) is 6.88. The van der Waals surface area contributed by atoms with E-state index < -0.39 is 27.6 Å². The summed E-state index contributed by atoms with van der Waals surface area (Å²) in [5, 5.41) is 4.51. The second-order valence-electron chi connectivity index (χ2n) is 12.3. The zero-order valence-corrected chi connectivity index (χ0v) is 30.0. The number of aromatic nitrogens is 1. The van der Waals surface area contributed by atoms with Gasteiger partial charge in [-0.15, -0.1) is 5.06 Å². The van der Waals surface area contributed by atoms with E-state index in [4.69, 9.17) is 30.6 Å². The van der Waals surface area contributed by atoms with Gasteiger partial charge in [0.25, 0.3) is 15.9 Å². The Kier molecular flexibility index (Phi) is 10.4. The lowest BCUT2D eigenvalue weighted by Crippen LogP contribution is -2.57. The van der Waals surface area contributed by atoms with Crippen molar-refractivity contribution in [1.29, 1.82) is 0 Å². The number of sulfonamides is 1. The number of carbonyl (C=O) groups excluding carboxylic acids is 2. The second-order valence-corrected chi connectivity index (χ2v) is 14.5. The number of halogens is 1. The van der Waals surface area contributed by atoms with Crippen molar-refractivity contribution >= 4 is 39.3 Å². The molecule has 3 aliphatic rings. The van der Waals surface area contributed by atoms with Crippen molar-refractivity contribution in [2.75, 3.05) is 71.4 Å². The first-order valence-corrected chi connectivity index (χ1v) is 18.2. The van der Waals surface area contributed by atoms with Crippen molar-refractivity contribution in [3.63, 3.8) is 0 Å². The number of carbonyl (C=O) groups is 2. The molecule has 1 unspecified atom stereocenters. The minimum Gasteiger partial charge on any atom is -0.497 e. The first-order chi connectivity index (χ1) is 24.0. The maximum atomic E-state index is 15.0. The number of ether oxygens (including phenoxy) is 3. The molecule has 1 N–H and O–H groups in total. The molecule has 2 aromatic carbocycles. The lowest BCUT2D eigenvalue weighted by molar-refractivity contribution is -0.133. The van der Waals surface area contributed by atoms with Crippen LogP contribution in [0.2, 0.25) is 5.02 Å². The smallest absolute Gasteiger partial charge is 0.427 e. The van der Waals surface area contributed by atoms with Crippen molar-refractivity contribution in [2.24, 2.45) is 0 Å². The van der Waals surface area contributed by atoms with Crippen LogP contribution >= 0.6 is 11.6 Å². The highest BCUT2D eigenvalue weighted by Crippen LogP contribution is 2.50. The monoisotopic (exact) mass is 728 g/mol. The van der Waals surface area contributed by atoms with E-state index in [2.05, 4.69) is 27.1 Å². The number of amides is 2. The molecule has 0 radical (unpaired) electrons. The predicted molar refractivity (Wildman–Crippen MR) is 185 cm³/mol. The Hall–Kier alpha value is -4.15. The highest BCUT2D eigenvalue weighted by molar-refractivity contribution is 7.93. The quantitative estimate of drug-likeness (QED) is 0.327. The van der Waals surface area contributed by atoms with E-state index in [1.165, 1.54) is 56.8 Å². The van der Waals surface area contributed by atoms with Crippen molar-refractivity contribution in [2.45, 2.75) is 36.2 Å². The first kappa shape index (κ1) is 35.7. The minimum absolute atomic E-state index is 0.0163. The number of likely N-dealkylation sites (tertiary alicyclic amines) is 1. The summed E-state index contributed by atoms with van der Waals surface area (Å²) in [6.07, 6.45) is 2.67. The molecule has 1 aromatic heterocycles. The Bertz CT molecular complexity index is 1850. The number of methoxy groups -OCH3 is 2. The Morgan fingerprint density at radius 2 is 1.74 bits per heavy atom. The molecule has 50 heavy (non-hydrogen) atoms. The molecule has 2 amide bonds. The zero-order valence-electron chi connectivity index (χ0n) is 28.4. The fraction of sp³-hybridized carbons (Fsp3) is 0.441. The zero-order chi connectivity index (χ0) is 35.6. The van der Waals surface area contributed by atoms with E-state index in [1.807, 2.05) is 0 Å². The Labute approximate surface area is 296 Å². The number of pyridine rings is 1. The van der Waals surface area contributed by atoms with Gasteiger partial charge in [0.15, 0.2) is 5.54 Å². The number of hydrogen-bond acceptors (Lipinski definition) is 12. The molecule has 3 aliphatic heterocycles. The van der Waals surface area contributed by atoms with Crippen LogP contribution in [0.3, 0.4) is 0 Å². The van der Waals surface area contributed by atoms with Gasteiger partial charge < -0.3 is 23.9 Å². The molecule has 3 aromatic rings. The minimum atomic E-state index is -4.68. The molecule has 268 valence electrons. The Morgan fingerprint density at radius 1 is 1.00 bits per heavy atom. The lowest BCUT2D eigenvalue weighted by atomic mass is 9.84. The van der Waals surface area contributed by atoms with Gasteiger partial charge in [-0.1, -0.05) is 11.6 Å². The van der Waals surface area contributed by atoms with E-state index in [0.29, 0.717) is 42.3 Å². The Morgan fingerprint density at radius 3 is 2.42 bits per heavy atom. The molecule has 4 heterocycles. The van der Waals surface area contributed by atoms with Gasteiger partial charge in [-0.25, -0.2) is 18.2 Å². The number of anilines is 1. The number of hydrogen-bond donors (Lipinski definition) is 1. The van der Waals surface area contributed by atoms with E-state index >= 15 is 4.79 Å². The molecule has 0 saturated carbocycles. The summed E-state index contributed by atoms with van der Waals surface area (Å²) in [6.45, 7) is 6.33. The topological polar surface area (TPSA) is 143 Å². The molecule has 2 saturated heterocycles. The summed E-state index contributed by atoms with van der Waals surface area (Å²) in [5.41, 5.74) is -2.03. The largest absolute Gasteiger partial charge is 0.497 e. The molecule has 0 spiro atoms. The van der Waals surface area contributed by atoms with Crippen LogP contribution in [-0.4, -0.2) is 113 Å². The molecule has 6 rings (SSSR count). The first-order valence-electron chi connectivity index (χ1n) is 16.4. The van der Waals surface area contributed by atoms with E-state index in [9.17, 15) is 13.2 Å². The predicted octanol–water partition coefficient (Wildman–Crippen LogP) is 3.48. The third-order valence-electron chi connectivity index (χ3n) is 9.41. The molecule has 14 nitrogen and oxygen atoms in total. The SMILES string of the molecule is CCOc1ncccc1C1(NC(=O)ON2CCN(C3CCN(C)CC3)CC2)C(=O)N(S(=O)(=O)c2ccc(OC)cc2OC)c2ccc(Cl)cc21. The van der Waals surface area contributed by atoms with Gasteiger partial charge >= 0.3 is 6.09 Å². The van der Waals surface area contributed by atoms with E-state index in [0.717, 1.165) is 25.9 Å². The summed E-state index contributed by atoms with van der Waals surface area (Å²) in [5.74, 6) is -0.704. The van der Waals surface area contributed by atoms with Crippen molar-refractivity contribution in [3.05, 3.63) is 70.9 Å². The number of nitrogens with zero attached hydrogens (tertiary/aromatic N) is 5. The third kappa shape index (κ3) is 6.55. The van der Waals surface area contributed by atoms with Crippen LogP contribution in [0.5, 0.6) is 17.4 Å². The summed E-state index contributed by atoms with van der Waals surface area (Å²) < 4.78 is 46.2. The van der Waals surface area contributed by atoms with Crippen LogP contribution < -0.4 is 23.8 Å². The van der Waals surface area contributed by atoms with Crippen LogP contribution in [0.15, 0.2) is 59.6 Å². The number of fused-ring (bicyclic) bond motifs is 1. The third-order valence-corrected chi connectivity index (χ3v) is 11.4. The van der Waals surface area contributed by atoms with Crippen LogP contribution in [-0.2, 0) is 25.2 Å². The maximum Gasteiger partial charge on any atom is 0.427 e. The standard InChI is InChI=1S/C34H41ClN6O8S/c1-5-48-31-26(7-6-14-36-31)34(37-33(43)49-40-19-17-39(18-20-40)24-12-15-38(2)16-13-24)27-21-23(35)8-10-28(27)41(32(34)42)50(44,45)30-11-9-25(46-3)22-29(30)47-4/h6-11,14,21-22,24H,5,12-13,15-20H2,1-4H3,(H,37,43). The summed E-state index contributed by atoms with van der Waals surface area (Å²) in [4.78, 5) is 43.6. The fourth-order valence-corrected chi connectivity index (χ4v) is 8.66. The molecular weight excluding hydrogens is 688 g/mol. The number of nitrogens with one attached hydrogen (secondary N) is 1. The van der Waals surface area contributed by atoms with Gasteiger partial charge in [0.05, 0.1) is 32.1 Å². The number of piperidine rings is 1. The number of rotatable bonds is 10. The van der Waals surface area contributed by atoms with Gasteiger partial charge in [-0.3, -0.25) is 15.0 Å². The van der Waals surface area contributed by atoms with Crippen molar-refractivity contribution in [1.82, 2.24) is 25.2 Å². The van der Waals surface area contributed by atoms with Crippen LogP contribution in [0.25, 0.3) is 0 Å². The average Bonchev–Trinajstić information content (AvgIpc) is 3.36. The molecule has 0 aliphatic carbocycles. The molecular formula is C34H41ClN6O8S. The van der Waals surface area contributed by atoms with E-state index in [1.54, 1.807) is 24.1 Å². The Balaban J connectivity index is 1.38. The average molecular weight is 729 g/mol. The lowest BCUT2D eigenvalue weighted by Gasteiger charge is -2.41. The second kappa shape index (κ2) is 14.6. The highest BCUT2D eigenvalue weighted by Gasteiger charge is 2.59. The summed E-state index contributed by atoms with van der Waals surface area (Å²) >= 11 is 6.51. The molecule has 1 atom stereocenters. The van der Waals surface area contributed by atoms with Crippen LogP contribution in [0.4, 0.5) is 10.5 Å². The van der Waals surface area contributed by atoms with Crippen molar-refractivity contribution in [3.8, 4) is 17.4 Å². The number of hydroxylamine groups is 2. The van der Waals surface area contributed by atoms with E-state index in [-0.39, 0.29) is 45.0 Å². The maximum absolute atomic E-state index is 15.0. The van der Waals surface area contributed by atoms with Gasteiger partial charge in [-0.05, 0) is 82.4 Å². The van der Waals surface area contributed by atoms with Crippen LogP contribution in [0, 0.1) is 0 Å². The molecule has 0 bridgehead atoms. The summed E-state index contributed by atoms with van der Waals surface area (Å²) in [7, 11) is 0.194. The highest BCUT2D eigenvalue weighted by atomic mass is 35.5. The van der Waals surface area contributed by atoms with Crippen molar-refractivity contribution < 1.29 is 37.1 Å². The van der Waals surface area contributed by atoms with Crippen LogP contribution in [0.1, 0.15) is 30.9 Å². The number of piperazine rings is 1.